The van der Waals surface area contributed by atoms with Crippen molar-refractivity contribution in [2.24, 2.45) is 13.0 Å². The monoisotopic (exact) mass is 338 g/mol. The fourth-order valence-corrected chi connectivity index (χ4v) is 5.19. The van der Waals surface area contributed by atoms with E-state index in [9.17, 15) is 4.79 Å². The molecule has 3 nitrogen and oxygen atoms in total. The van der Waals surface area contributed by atoms with E-state index in [1.165, 1.54) is 55.0 Å². The summed E-state index contributed by atoms with van der Waals surface area (Å²) >= 11 is 0. The molecule has 1 aromatic carbocycles. The lowest BCUT2D eigenvalue weighted by molar-refractivity contribution is -0.137. The molecule has 3 heteroatoms. The molecule has 2 fully saturated rings. The van der Waals surface area contributed by atoms with Crippen LogP contribution in [0.15, 0.2) is 30.5 Å². The molecule has 1 saturated heterocycles. The van der Waals surface area contributed by atoms with Crippen molar-refractivity contribution in [3.05, 3.63) is 36.0 Å². The second-order valence-electron chi connectivity index (χ2n) is 8.16. The SMILES string of the molecule is CC(CC(=O)N1CCCC2CCCCC21)c1cn(C)c2ccccc12. The van der Waals surface area contributed by atoms with E-state index in [4.69, 9.17) is 0 Å². The first-order chi connectivity index (χ1) is 12.1. The second-order valence-corrected chi connectivity index (χ2v) is 8.16. The number of benzene rings is 1. The highest BCUT2D eigenvalue weighted by Crippen LogP contribution is 2.37. The van der Waals surface area contributed by atoms with Crippen LogP contribution in [0, 0.1) is 5.92 Å². The number of aryl methyl sites for hydroxylation is 1. The van der Waals surface area contributed by atoms with E-state index in [1.54, 1.807) is 0 Å². The van der Waals surface area contributed by atoms with Gasteiger partial charge in [0.15, 0.2) is 0 Å². The summed E-state index contributed by atoms with van der Waals surface area (Å²) in [7, 11) is 2.09. The number of rotatable bonds is 3. The number of nitrogens with zero attached hydrogens (tertiary/aromatic N) is 2. The normalized spacial score (nSPS) is 25.0. The summed E-state index contributed by atoms with van der Waals surface area (Å²) in [5.74, 6) is 1.40. The van der Waals surface area contributed by atoms with Gasteiger partial charge in [0.2, 0.25) is 5.91 Å². The Balaban J connectivity index is 1.51. The molecule has 0 N–H and O–H groups in total. The van der Waals surface area contributed by atoms with E-state index >= 15 is 0 Å². The van der Waals surface area contributed by atoms with Crippen LogP contribution in [-0.4, -0.2) is 28.0 Å². The predicted octanol–water partition coefficient (Wildman–Crippen LogP) is 4.85. The first-order valence-electron chi connectivity index (χ1n) is 9.98. The van der Waals surface area contributed by atoms with Crippen molar-refractivity contribution in [3.8, 4) is 0 Å². The predicted molar refractivity (Wildman–Crippen MR) is 103 cm³/mol. The average molecular weight is 338 g/mol. The summed E-state index contributed by atoms with van der Waals surface area (Å²) in [6.07, 6.45) is 10.6. The minimum Gasteiger partial charge on any atom is -0.350 e. The van der Waals surface area contributed by atoms with Gasteiger partial charge in [-0.1, -0.05) is 38.0 Å². The van der Waals surface area contributed by atoms with Gasteiger partial charge in [-0.25, -0.2) is 0 Å². The van der Waals surface area contributed by atoms with Gasteiger partial charge in [-0.15, -0.1) is 0 Å². The maximum absolute atomic E-state index is 13.1. The molecule has 1 aliphatic carbocycles. The van der Waals surface area contributed by atoms with E-state index in [-0.39, 0.29) is 5.92 Å². The first-order valence-corrected chi connectivity index (χ1v) is 9.98. The quantitative estimate of drug-likeness (QED) is 0.785. The largest absolute Gasteiger partial charge is 0.350 e. The van der Waals surface area contributed by atoms with Gasteiger partial charge in [-0.05, 0) is 49.1 Å². The van der Waals surface area contributed by atoms with E-state index < -0.39 is 0 Å². The minimum absolute atomic E-state index is 0.266. The Bertz CT molecular complexity index is 760. The van der Waals surface area contributed by atoms with E-state index in [0.29, 0.717) is 18.4 Å². The molecule has 3 atom stereocenters. The highest BCUT2D eigenvalue weighted by molar-refractivity contribution is 5.85. The number of carbonyl (C=O) groups is 1. The summed E-state index contributed by atoms with van der Waals surface area (Å²) in [5, 5.41) is 1.29. The number of piperidine rings is 1. The van der Waals surface area contributed by atoms with Crippen LogP contribution in [0.3, 0.4) is 0 Å². The number of carbonyl (C=O) groups excluding carboxylic acids is 1. The molecule has 3 unspecified atom stereocenters. The summed E-state index contributed by atoms with van der Waals surface area (Å²) in [4.78, 5) is 15.3. The number of fused-ring (bicyclic) bond motifs is 2. The Morgan fingerprint density at radius 1 is 1.16 bits per heavy atom. The van der Waals surface area contributed by atoms with Gasteiger partial charge >= 0.3 is 0 Å². The van der Waals surface area contributed by atoms with Crippen LogP contribution in [-0.2, 0) is 11.8 Å². The third-order valence-electron chi connectivity index (χ3n) is 6.50. The van der Waals surface area contributed by atoms with Crippen molar-refractivity contribution in [3.63, 3.8) is 0 Å². The van der Waals surface area contributed by atoms with Crippen LogP contribution in [0.4, 0.5) is 0 Å². The molecule has 4 rings (SSSR count). The van der Waals surface area contributed by atoms with Crippen LogP contribution in [0.2, 0.25) is 0 Å². The topological polar surface area (TPSA) is 25.2 Å². The molecule has 2 aromatic rings. The highest BCUT2D eigenvalue weighted by Gasteiger charge is 2.36. The van der Waals surface area contributed by atoms with Crippen molar-refractivity contribution in [1.82, 2.24) is 9.47 Å². The van der Waals surface area contributed by atoms with E-state index in [1.807, 2.05) is 0 Å². The summed E-state index contributed by atoms with van der Waals surface area (Å²) in [5.41, 5.74) is 2.56. The van der Waals surface area contributed by atoms with Gasteiger partial charge in [-0.3, -0.25) is 4.79 Å². The molecular weight excluding hydrogens is 308 g/mol. The van der Waals surface area contributed by atoms with Crippen LogP contribution in [0.5, 0.6) is 0 Å². The number of para-hydroxylation sites is 1. The minimum atomic E-state index is 0.266. The fraction of sp³-hybridized carbons (Fsp3) is 0.591. The van der Waals surface area contributed by atoms with Crippen LogP contribution in [0.1, 0.15) is 63.4 Å². The zero-order valence-electron chi connectivity index (χ0n) is 15.6. The molecule has 2 aliphatic rings. The molecule has 1 aromatic heterocycles. The lowest BCUT2D eigenvalue weighted by Gasteiger charge is -2.44. The molecule has 25 heavy (non-hydrogen) atoms. The average Bonchev–Trinajstić information content (AvgIpc) is 2.98. The van der Waals surface area contributed by atoms with Crippen LogP contribution < -0.4 is 0 Å². The van der Waals surface area contributed by atoms with Crippen LogP contribution >= 0.6 is 0 Å². The third-order valence-corrected chi connectivity index (χ3v) is 6.50. The van der Waals surface area contributed by atoms with Gasteiger partial charge in [0.25, 0.3) is 0 Å². The summed E-state index contributed by atoms with van der Waals surface area (Å²) in [6, 6.07) is 9.04. The molecule has 0 radical (unpaired) electrons. The lowest BCUT2D eigenvalue weighted by Crippen LogP contribution is -2.49. The molecule has 1 amide bonds. The molecular formula is C22H30N2O. The number of likely N-dealkylation sites (tertiary alicyclic amines) is 1. The zero-order valence-corrected chi connectivity index (χ0v) is 15.6. The maximum atomic E-state index is 13.1. The Morgan fingerprint density at radius 2 is 1.92 bits per heavy atom. The van der Waals surface area contributed by atoms with Crippen molar-refractivity contribution in [1.29, 1.82) is 0 Å². The maximum Gasteiger partial charge on any atom is 0.223 e. The summed E-state index contributed by atoms with van der Waals surface area (Å²) < 4.78 is 2.18. The molecule has 134 valence electrons. The Labute approximate surface area is 151 Å². The number of hydrogen-bond donors (Lipinski definition) is 0. The highest BCUT2D eigenvalue weighted by atomic mass is 16.2. The second kappa shape index (κ2) is 6.86. The Morgan fingerprint density at radius 3 is 2.80 bits per heavy atom. The number of aromatic nitrogens is 1. The third kappa shape index (κ3) is 3.09. The Kier molecular flexibility index (Phi) is 4.58. The zero-order chi connectivity index (χ0) is 17.4. The lowest BCUT2D eigenvalue weighted by atomic mass is 9.78. The van der Waals surface area contributed by atoms with E-state index in [0.717, 1.165) is 12.5 Å². The van der Waals surface area contributed by atoms with E-state index in [2.05, 4.69) is 53.9 Å². The van der Waals surface area contributed by atoms with Crippen molar-refractivity contribution in [2.75, 3.05) is 6.54 Å². The molecule has 1 aliphatic heterocycles. The van der Waals surface area contributed by atoms with Gasteiger partial charge in [0.1, 0.15) is 0 Å². The van der Waals surface area contributed by atoms with Crippen molar-refractivity contribution in [2.45, 2.75) is 63.8 Å². The number of amides is 1. The van der Waals surface area contributed by atoms with Gasteiger partial charge in [0, 0.05) is 43.2 Å². The summed E-state index contributed by atoms with van der Waals surface area (Å²) in [6.45, 7) is 3.18. The molecule has 0 bridgehead atoms. The Hall–Kier alpha value is -1.77. The van der Waals surface area contributed by atoms with Gasteiger partial charge in [-0.2, -0.15) is 0 Å². The first kappa shape index (κ1) is 16.7. The molecule has 1 saturated carbocycles. The van der Waals surface area contributed by atoms with Gasteiger partial charge < -0.3 is 9.47 Å². The van der Waals surface area contributed by atoms with Crippen molar-refractivity contribution < 1.29 is 4.79 Å². The van der Waals surface area contributed by atoms with Crippen molar-refractivity contribution >= 4 is 16.8 Å². The van der Waals surface area contributed by atoms with Crippen LogP contribution in [0.25, 0.3) is 10.9 Å². The molecule has 0 spiro atoms. The smallest absolute Gasteiger partial charge is 0.223 e. The number of hydrogen-bond acceptors (Lipinski definition) is 1. The molecule has 2 heterocycles. The fourth-order valence-electron chi connectivity index (χ4n) is 5.19. The van der Waals surface area contributed by atoms with Gasteiger partial charge in [0.05, 0.1) is 0 Å². The standard InChI is InChI=1S/C22H30N2O/c1-16(19-15-23(2)21-12-6-4-10-18(19)21)14-22(25)24-13-7-9-17-8-3-5-11-20(17)24/h4,6,10,12,15-17,20H,3,5,7-9,11,13-14H2,1-2H3.